The molecule has 1 aliphatic rings. The zero-order valence-electron chi connectivity index (χ0n) is 11.2. The number of ether oxygens (including phenoxy) is 1. The summed E-state index contributed by atoms with van der Waals surface area (Å²) in [5, 5.41) is 0. The molecule has 1 heterocycles. The number of hydrogen-bond donors (Lipinski definition) is 0. The minimum Gasteiger partial charge on any atom is -0.378 e. The van der Waals surface area contributed by atoms with E-state index in [4.69, 9.17) is 4.74 Å². The minimum absolute atomic E-state index is 0.247. The second kappa shape index (κ2) is 6.01. The Balaban J connectivity index is 1.86. The largest absolute Gasteiger partial charge is 0.378 e. The van der Waals surface area contributed by atoms with Crippen molar-refractivity contribution in [2.45, 2.75) is 26.7 Å². The second-order valence-corrected chi connectivity index (χ2v) is 4.91. The molecule has 0 radical (unpaired) electrons. The number of carbonyl (C=O) groups excluding carboxylic acids is 1. The third kappa shape index (κ3) is 3.33. The smallest absolute Gasteiger partial charge is 0.223 e. The first kappa shape index (κ1) is 13.1. The quantitative estimate of drug-likeness (QED) is 0.818. The summed E-state index contributed by atoms with van der Waals surface area (Å²) in [5.74, 6) is 0.247. The lowest BCUT2D eigenvalue weighted by atomic mass is 10.0. The van der Waals surface area contributed by atoms with Gasteiger partial charge >= 0.3 is 0 Å². The van der Waals surface area contributed by atoms with Crippen LogP contribution in [0, 0.1) is 13.8 Å². The van der Waals surface area contributed by atoms with Crippen LogP contribution in [0.5, 0.6) is 0 Å². The third-order valence-electron chi connectivity index (χ3n) is 3.56. The second-order valence-electron chi connectivity index (χ2n) is 4.91. The van der Waals surface area contributed by atoms with Gasteiger partial charge in [-0.1, -0.05) is 18.2 Å². The first-order chi connectivity index (χ1) is 8.66. The molecule has 1 aromatic rings. The van der Waals surface area contributed by atoms with Crippen molar-refractivity contribution >= 4 is 5.91 Å². The van der Waals surface area contributed by atoms with Crippen LogP contribution in [0.15, 0.2) is 18.2 Å². The summed E-state index contributed by atoms with van der Waals surface area (Å²) in [6, 6.07) is 6.43. The summed E-state index contributed by atoms with van der Waals surface area (Å²) >= 11 is 0. The highest BCUT2D eigenvalue weighted by Crippen LogP contribution is 2.12. The molecule has 0 saturated carbocycles. The third-order valence-corrected chi connectivity index (χ3v) is 3.56. The van der Waals surface area contributed by atoms with Crippen molar-refractivity contribution in [1.29, 1.82) is 0 Å². The standard InChI is InChI=1S/C15H21NO2/c1-12-3-4-14(11-13(12)2)5-6-15(17)16-7-9-18-10-8-16/h3-4,11H,5-10H2,1-2H3. The van der Waals surface area contributed by atoms with Gasteiger partial charge in [-0.25, -0.2) is 0 Å². The van der Waals surface area contributed by atoms with E-state index in [1.54, 1.807) is 0 Å². The van der Waals surface area contributed by atoms with E-state index < -0.39 is 0 Å². The summed E-state index contributed by atoms with van der Waals surface area (Å²) < 4.78 is 5.25. The van der Waals surface area contributed by atoms with Gasteiger partial charge in [0.05, 0.1) is 13.2 Å². The van der Waals surface area contributed by atoms with Crippen LogP contribution in [0.4, 0.5) is 0 Å². The molecule has 1 aliphatic heterocycles. The molecule has 0 spiro atoms. The molecule has 1 saturated heterocycles. The molecule has 0 aliphatic carbocycles. The lowest BCUT2D eigenvalue weighted by Crippen LogP contribution is -2.40. The fraction of sp³-hybridized carbons (Fsp3) is 0.533. The number of hydrogen-bond acceptors (Lipinski definition) is 2. The van der Waals surface area contributed by atoms with Crippen LogP contribution in [0.1, 0.15) is 23.1 Å². The van der Waals surface area contributed by atoms with Gasteiger partial charge < -0.3 is 9.64 Å². The molecular formula is C15H21NO2. The number of benzene rings is 1. The molecule has 3 heteroatoms. The maximum absolute atomic E-state index is 12.0. The van der Waals surface area contributed by atoms with Gasteiger partial charge in [-0.15, -0.1) is 0 Å². The number of morpholine rings is 1. The Bertz CT molecular complexity index is 423. The molecule has 2 rings (SSSR count). The Morgan fingerprint density at radius 2 is 1.94 bits per heavy atom. The SMILES string of the molecule is Cc1ccc(CCC(=O)N2CCOCC2)cc1C. The summed E-state index contributed by atoms with van der Waals surface area (Å²) in [7, 11) is 0. The van der Waals surface area contributed by atoms with Gasteiger partial charge in [0.2, 0.25) is 5.91 Å². The lowest BCUT2D eigenvalue weighted by molar-refractivity contribution is -0.135. The molecule has 0 atom stereocenters. The molecule has 0 aromatic heterocycles. The van der Waals surface area contributed by atoms with E-state index in [-0.39, 0.29) is 5.91 Å². The van der Waals surface area contributed by atoms with Gasteiger partial charge in [0.25, 0.3) is 0 Å². The topological polar surface area (TPSA) is 29.5 Å². The number of nitrogens with zero attached hydrogens (tertiary/aromatic N) is 1. The maximum Gasteiger partial charge on any atom is 0.223 e. The van der Waals surface area contributed by atoms with E-state index in [1.165, 1.54) is 16.7 Å². The van der Waals surface area contributed by atoms with E-state index in [0.717, 1.165) is 19.5 Å². The van der Waals surface area contributed by atoms with Gasteiger partial charge in [0.15, 0.2) is 0 Å². The highest BCUT2D eigenvalue weighted by Gasteiger charge is 2.16. The zero-order chi connectivity index (χ0) is 13.0. The average Bonchev–Trinajstić information content (AvgIpc) is 2.41. The van der Waals surface area contributed by atoms with Gasteiger partial charge in [-0.2, -0.15) is 0 Å². The minimum atomic E-state index is 0.247. The normalized spacial score (nSPS) is 15.8. The summed E-state index contributed by atoms with van der Waals surface area (Å²) in [6.07, 6.45) is 1.43. The van der Waals surface area contributed by atoms with Crippen molar-refractivity contribution in [3.05, 3.63) is 34.9 Å². The number of rotatable bonds is 3. The summed E-state index contributed by atoms with van der Waals surface area (Å²) in [6.45, 7) is 7.06. The van der Waals surface area contributed by atoms with Crippen LogP contribution in [0.3, 0.4) is 0 Å². The van der Waals surface area contributed by atoms with Crippen molar-refractivity contribution in [2.75, 3.05) is 26.3 Å². The molecule has 98 valence electrons. The van der Waals surface area contributed by atoms with Crippen molar-refractivity contribution in [3.63, 3.8) is 0 Å². The first-order valence-electron chi connectivity index (χ1n) is 6.58. The van der Waals surface area contributed by atoms with Crippen LogP contribution >= 0.6 is 0 Å². The molecule has 1 fully saturated rings. The Morgan fingerprint density at radius 3 is 2.61 bits per heavy atom. The monoisotopic (exact) mass is 247 g/mol. The molecule has 0 N–H and O–H groups in total. The van der Waals surface area contributed by atoms with Crippen molar-refractivity contribution in [3.8, 4) is 0 Å². The average molecular weight is 247 g/mol. The molecule has 0 bridgehead atoms. The lowest BCUT2D eigenvalue weighted by Gasteiger charge is -2.26. The van der Waals surface area contributed by atoms with Gasteiger partial charge in [-0.3, -0.25) is 4.79 Å². The van der Waals surface area contributed by atoms with Crippen molar-refractivity contribution < 1.29 is 9.53 Å². The van der Waals surface area contributed by atoms with E-state index >= 15 is 0 Å². The molecule has 1 aromatic carbocycles. The van der Waals surface area contributed by atoms with Crippen LogP contribution in [-0.4, -0.2) is 37.1 Å². The van der Waals surface area contributed by atoms with E-state index in [9.17, 15) is 4.79 Å². The summed E-state index contributed by atoms with van der Waals surface area (Å²) in [5.41, 5.74) is 3.85. The number of amides is 1. The molecule has 18 heavy (non-hydrogen) atoms. The van der Waals surface area contributed by atoms with Crippen LogP contribution in [-0.2, 0) is 16.0 Å². The van der Waals surface area contributed by atoms with Crippen LogP contribution < -0.4 is 0 Å². The Kier molecular flexibility index (Phi) is 4.37. The van der Waals surface area contributed by atoms with Crippen LogP contribution in [0.25, 0.3) is 0 Å². The molecule has 3 nitrogen and oxygen atoms in total. The Labute approximate surface area is 109 Å². The summed E-state index contributed by atoms with van der Waals surface area (Å²) in [4.78, 5) is 13.9. The van der Waals surface area contributed by atoms with Gasteiger partial charge in [-0.05, 0) is 37.0 Å². The number of carbonyl (C=O) groups is 1. The van der Waals surface area contributed by atoms with Crippen molar-refractivity contribution in [1.82, 2.24) is 4.90 Å². The first-order valence-corrected chi connectivity index (χ1v) is 6.58. The predicted molar refractivity (Wildman–Crippen MR) is 71.6 cm³/mol. The van der Waals surface area contributed by atoms with E-state index in [0.29, 0.717) is 19.6 Å². The van der Waals surface area contributed by atoms with Crippen molar-refractivity contribution in [2.24, 2.45) is 0 Å². The zero-order valence-corrected chi connectivity index (χ0v) is 11.2. The highest BCUT2D eigenvalue weighted by atomic mass is 16.5. The highest BCUT2D eigenvalue weighted by molar-refractivity contribution is 5.76. The van der Waals surface area contributed by atoms with Crippen LogP contribution in [0.2, 0.25) is 0 Å². The Hall–Kier alpha value is -1.35. The van der Waals surface area contributed by atoms with E-state index in [1.807, 2.05) is 4.90 Å². The fourth-order valence-corrected chi connectivity index (χ4v) is 2.18. The molecule has 1 amide bonds. The fourth-order valence-electron chi connectivity index (χ4n) is 2.18. The number of aryl methyl sites for hydroxylation is 3. The van der Waals surface area contributed by atoms with Gasteiger partial charge in [0.1, 0.15) is 0 Å². The molecule has 0 unspecified atom stereocenters. The maximum atomic E-state index is 12.0. The van der Waals surface area contributed by atoms with Gasteiger partial charge in [0, 0.05) is 19.5 Å². The molecular weight excluding hydrogens is 226 g/mol. The predicted octanol–water partition coefficient (Wildman–Crippen LogP) is 2.09. The van der Waals surface area contributed by atoms with E-state index in [2.05, 4.69) is 32.0 Å². The Morgan fingerprint density at radius 1 is 1.22 bits per heavy atom.